The van der Waals surface area contributed by atoms with Crippen molar-refractivity contribution in [1.82, 2.24) is 14.7 Å². The maximum Gasteiger partial charge on any atom is 0.325 e. The maximum absolute atomic E-state index is 12.1. The number of nitrogens with zero attached hydrogens (tertiary/aromatic N) is 3. The van der Waals surface area contributed by atoms with Gasteiger partial charge in [0.2, 0.25) is 0 Å². The van der Waals surface area contributed by atoms with Gasteiger partial charge in [0.05, 0.1) is 11.9 Å². The quantitative estimate of drug-likeness (QED) is 0.879. The van der Waals surface area contributed by atoms with E-state index in [9.17, 15) is 9.59 Å². The predicted octanol–water partition coefficient (Wildman–Crippen LogP) is 1.76. The Bertz CT molecular complexity index is 480. The van der Waals surface area contributed by atoms with Crippen LogP contribution in [-0.4, -0.2) is 44.9 Å². The second kappa shape index (κ2) is 6.40. The van der Waals surface area contributed by atoms with Gasteiger partial charge < -0.3 is 15.3 Å². The van der Waals surface area contributed by atoms with Crippen molar-refractivity contribution in [1.29, 1.82) is 0 Å². The maximum atomic E-state index is 12.1. The Morgan fingerprint density at radius 1 is 1.45 bits per heavy atom. The molecule has 0 spiro atoms. The number of hydrogen-bond donors (Lipinski definition) is 2. The van der Waals surface area contributed by atoms with Crippen LogP contribution in [0.1, 0.15) is 32.1 Å². The molecule has 1 aromatic heterocycles. The number of nitrogens with one attached hydrogen (secondary N) is 1. The van der Waals surface area contributed by atoms with E-state index in [0.717, 1.165) is 12.8 Å². The van der Waals surface area contributed by atoms with Crippen molar-refractivity contribution in [2.24, 2.45) is 0 Å². The summed E-state index contributed by atoms with van der Waals surface area (Å²) in [5, 5.41) is 15.3. The number of aromatic nitrogens is 2. The molecule has 0 aliphatic heterocycles. The summed E-state index contributed by atoms with van der Waals surface area (Å²) in [7, 11) is 1.80. The Balaban J connectivity index is 1.89. The van der Waals surface area contributed by atoms with Crippen LogP contribution in [0.2, 0.25) is 0 Å². The van der Waals surface area contributed by atoms with Crippen LogP contribution >= 0.6 is 0 Å². The molecule has 2 amide bonds. The van der Waals surface area contributed by atoms with Gasteiger partial charge in [-0.25, -0.2) is 4.79 Å². The monoisotopic (exact) mass is 280 g/mol. The molecule has 1 saturated carbocycles. The average molecular weight is 280 g/mol. The van der Waals surface area contributed by atoms with Gasteiger partial charge in [-0.2, -0.15) is 5.10 Å². The Labute approximate surface area is 117 Å². The molecule has 0 atom stereocenters. The SMILES string of the molecule is CN(C(=O)Nc1cnn(CC(=O)O)c1)C1CCCCC1. The summed E-state index contributed by atoms with van der Waals surface area (Å²) >= 11 is 0. The van der Waals surface area contributed by atoms with E-state index in [1.165, 1.54) is 36.3 Å². The van der Waals surface area contributed by atoms with E-state index >= 15 is 0 Å². The molecule has 1 aliphatic rings. The molecule has 1 fully saturated rings. The first-order valence-electron chi connectivity index (χ1n) is 6.84. The highest BCUT2D eigenvalue weighted by molar-refractivity contribution is 5.89. The summed E-state index contributed by atoms with van der Waals surface area (Å²) in [5.41, 5.74) is 0.513. The minimum absolute atomic E-state index is 0.174. The Morgan fingerprint density at radius 2 is 2.15 bits per heavy atom. The number of carbonyl (C=O) groups is 2. The van der Waals surface area contributed by atoms with Crippen LogP contribution in [0.5, 0.6) is 0 Å². The first kappa shape index (κ1) is 14.4. The van der Waals surface area contributed by atoms with Gasteiger partial charge in [0.1, 0.15) is 6.54 Å². The number of amides is 2. The zero-order valence-corrected chi connectivity index (χ0v) is 11.6. The third kappa shape index (κ3) is 3.72. The minimum atomic E-state index is -0.967. The molecular formula is C13H20N4O3. The van der Waals surface area contributed by atoms with E-state index in [4.69, 9.17) is 5.11 Å². The van der Waals surface area contributed by atoms with Gasteiger partial charge in [-0.05, 0) is 12.8 Å². The highest BCUT2D eigenvalue weighted by atomic mass is 16.4. The van der Waals surface area contributed by atoms with E-state index in [0.29, 0.717) is 5.69 Å². The zero-order chi connectivity index (χ0) is 14.5. The van der Waals surface area contributed by atoms with Crippen molar-refractivity contribution in [3.05, 3.63) is 12.4 Å². The topological polar surface area (TPSA) is 87.5 Å². The minimum Gasteiger partial charge on any atom is -0.480 e. The fourth-order valence-corrected chi connectivity index (χ4v) is 2.50. The second-order valence-corrected chi connectivity index (χ2v) is 5.15. The van der Waals surface area contributed by atoms with Crippen molar-refractivity contribution >= 4 is 17.7 Å². The first-order valence-corrected chi connectivity index (χ1v) is 6.84. The number of aliphatic carboxylic acids is 1. The van der Waals surface area contributed by atoms with Gasteiger partial charge in [0, 0.05) is 19.3 Å². The average Bonchev–Trinajstić information content (AvgIpc) is 2.85. The van der Waals surface area contributed by atoms with Crippen LogP contribution in [0.3, 0.4) is 0 Å². The largest absolute Gasteiger partial charge is 0.480 e. The van der Waals surface area contributed by atoms with E-state index in [1.807, 2.05) is 0 Å². The van der Waals surface area contributed by atoms with Crippen LogP contribution in [0, 0.1) is 0 Å². The molecule has 1 aromatic rings. The lowest BCUT2D eigenvalue weighted by molar-refractivity contribution is -0.137. The number of carboxylic acids is 1. The number of rotatable bonds is 4. The van der Waals surface area contributed by atoms with Crippen molar-refractivity contribution in [3.63, 3.8) is 0 Å². The molecule has 20 heavy (non-hydrogen) atoms. The summed E-state index contributed by atoms with van der Waals surface area (Å²) in [6.07, 6.45) is 8.63. The standard InChI is InChI=1S/C13H20N4O3/c1-16(11-5-3-2-4-6-11)13(20)15-10-7-14-17(8-10)9-12(18)19/h7-8,11H,2-6,9H2,1H3,(H,15,20)(H,18,19). The summed E-state index contributed by atoms with van der Waals surface area (Å²) in [4.78, 5) is 24.4. The van der Waals surface area contributed by atoms with Crippen molar-refractivity contribution in [2.45, 2.75) is 44.7 Å². The van der Waals surface area contributed by atoms with Crippen LogP contribution in [0.15, 0.2) is 12.4 Å². The molecule has 0 unspecified atom stereocenters. The number of hydrogen-bond acceptors (Lipinski definition) is 3. The normalized spacial score (nSPS) is 15.8. The Hall–Kier alpha value is -2.05. The Kier molecular flexibility index (Phi) is 4.60. The smallest absolute Gasteiger partial charge is 0.325 e. The fourth-order valence-electron chi connectivity index (χ4n) is 2.50. The molecule has 0 saturated heterocycles. The lowest BCUT2D eigenvalue weighted by atomic mass is 9.95. The molecule has 0 radical (unpaired) electrons. The summed E-state index contributed by atoms with van der Waals surface area (Å²) < 4.78 is 1.28. The van der Waals surface area contributed by atoms with Gasteiger partial charge in [0.25, 0.3) is 0 Å². The van der Waals surface area contributed by atoms with Gasteiger partial charge in [-0.15, -0.1) is 0 Å². The third-order valence-corrected chi connectivity index (χ3v) is 3.62. The lowest BCUT2D eigenvalue weighted by Crippen LogP contribution is -2.40. The molecule has 1 aliphatic carbocycles. The second-order valence-electron chi connectivity index (χ2n) is 5.15. The lowest BCUT2D eigenvalue weighted by Gasteiger charge is -2.31. The van der Waals surface area contributed by atoms with Gasteiger partial charge >= 0.3 is 12.0 Å². The van der Waals surface area contributed by atoms with Crippen LogP contribution in [0.4, 0.5) is 10.5 Å². The van der Waals surface area contributed by atoms with Gasteiger partial charge in [0.15, 0.2) is 0 Å². The fraction of sp³-hybridized carbons (Fsp3) is 0.615. The third-order valence-electron chi connectivity index (χ3n) is 3.62. The van der Waals surface area contributed by atoms with Crippen molar-refractivity contribution in [2.75, 3.05) is 12.4 Å². The van der Waals surface area contributed by atoms with E-state index in [1.54, 1.807) is 11.9 Å². The van der Waals surface area contributed by atoms with Crippen molar-refractivity contribution < 1.29 is 14.7 Å². The molecule has 2 rings (SSSR count). The van der Waals surface area contributed by atoms with Gasteiger partial charge in [-0.3, -0.25) is 9.48 Å². The van der Waals surface area contributed by atoms with E-state index < -0.39 is 5.97 Å². The molecule has 7 heteroatoms. The van der Waals surface area contributed by atoms with E-state index in [-0.39, 0.29) is 18.6 Å². The number of urea groups is 1. The molecule has 0 bridgehead atoms. The molecular weight excluding hydrogens is 260 g/mol. The summed E-state index contributed by atoms with van der Waals surface area (Å²) in [6.45, 7) is -0.214. The number of anilines is 1. The van der Waals surface area contributed by atoms with Crippen molar-refractivity contribution in [3.8, 4) is 0 Å². The highest BCUT2D eigenvalue weighted by Crippen LogP contribution is 2.22. The summed E-state index contributed by atoms with van der Waals surface area (Å²) in [6, 6.07) is 0.115. The Morgan fingerprint density at radius 3 is 2.80 bits per heavy atom. The zero-order valence-electron chi connectivity index (χ0n) is 11.6. The van der Waals surface area contributed by atoms with Crippen LogP contribution in [0.25, 0.3) is 0 Å². The first-order chi connectivity index (χ1) is 9.56. The number of carboxylic acid groups (broad SMARTS) is 1. The summed E-state index contributed by atoms with van der Waals surface area (Å²) in [5.74, 6) is -0.967. The molecule has 2 N–H and O–H groups in total. The van der Waals surface area contributed by atoms with Gasteiger partial charge in [-0.1, -0.05) is 19.3 Å². The molecule has 110 valence electrons. The van der Waals surface area contributed by atoms with Crippen LogP contribution < -0.4 is 5.32 Å². The molecule has 7 nitrogen and oxygen atoms in total. The highest BCUT2D eigenvalue weighted by Gasteiger charge is 2.22. The predicted molar refractivity (Wildman–Crippen MR) is 73.5 cm³/mol. The van der Waals surface area contributed by atoms with E-state index in [2.05, 4.69) is 10.4 Å². The molecule has 1 heterocycles. The van der Waals surface area contributed by atoms with Crippen LogP contribution in [-0.2, 0) is 11.3 Å². The molecule has 0 aromatic carbocycles. The number of carbonyl (C=O) groups excluding carboxylic acids is 1.